The van der Waals surface area contributed by atoms with Crippen molar-refractivity contribution < 1.29 is 9.53 Å². The molecule has 0 amide bonds. The van der Waals surface area contributed by atoms with E-state index in [0.717, 1.165) is 15.8 Å². The van der Waals surface area contributed by atoms with Crippen LogP contribution in [0.15, 0.2) is 52.4 Å². The predicted molar refractivity (Wildman–Crippen MR) is 98.2 cm³/mol. The second-order valence-electron chi connectivity index (χ2n) is 5.57. The van der Waals surface area contributed by atoms with Crippen LogP contribution in [0.1, 0.15) is 21.5 Å². The molecule has 0 radical (unpaired) electrons. The van der Waals surface area contributed by atoms with Crippen molar-refractivity contribution in [2.24, 2.45) is 0 Å². The highest BCUT2D eigenvalue weighted by atomic mass is 32.2. The number of nitrogen functional groups attached to an aromatic ring is 1. The molecule has 0 spiro atoms. The quantitative estimate of drug-likeness (QED) is 0.335. The number of rotatable bonds is 4. The van der Waals surface area contributed by atoms with Crippen LogP contribution in [-0.4, -0.2) is 22.7 Å². The average molecular weight is 355 g/mol. The Hall–Kier alpha value is -2.80. The molecule has 25 heavy (non-hydrogen) atoms. The summed E-state index contributed by atoms with van der Waals surface area (Å²) in [6.07, 6.45) is 0. The normalized spacial score (nSPS) is 10.8. The molecule has 7 heteroatoms. The number of fused-ring (bicyclic) bond motifs is 1. The third-order valence-corrected chi connectivity index (χ3v) is 4.76. The molecular formula is C18H17N3O3S. The van der Waals surface area contributed by atoms with Crippen LogP contribution in [0.2, 0.25) is 0 Å². The van der Waals surface area contributed by atoms with Gasteiger partial charge in [0.05, 0.1) is 23.6 Å². The van der Waals surface area contributed by atoms with Gasteiger partial charge in [-0.1, -0.05) is 41.6 Å². The fourth-order valence-corrected chi connectivity index (χ4v) is 3.34. The van der Waals surface area contributed by atoms with Crippen molar-refractivity contribution in [3.05, 3.63) is 69.5 Å². The number of methoxy groups -OCH3 is 1. The van der Waals surface area contributed by atoms with Crippen LogP contribution in [0, 0.1) is 6.92 Å². The van der Waals surface area contributed by atoms with Gasteiger partial charge < -0.3 is 10.6 Å². The van der Waals surface area contributed by atoms with Crippen LogP contribution >= 0.6 is 11.8 Å². The van der Waals surface area contributed by atoms with Gasteiger partial charge in [-0.3, -0.25) is 4.79 Å². The summed E-state index contributed by atoms with van der Waals surface area (Å²) in [6, 6.07) is 12.7. The van der Waals surface area contributed by atoms with E-state index < -0.39 is 5.97 Å². The molecule has 0 aliphatic rings. The van der Waals surface area contributed by atoms with Crippen LogP contribution in [0.25, 0.3) is 10.9 Å². The Morgan fingerprint density at radius 1 is 1.28 bits per heavy atom. The summed E-state index contributed by atoms with van der Waals surface area (Å²) in [4.78, 5) is 28.6. The van der Waals surface area contributed by atoms with Gasteiger partial charge in [0.15, 0.2) is 5.16 Å². The maximum absolute atomic E-state index is 12.4. The molecule has 128 valence electrons. The summed E-state index contributed by atoms with van der Waals surface area (Å²) >= 11 is 1.37. The summed E-state index contributed by atoms with van der Waals surface area (Å²) in [5.74, 6) is 6.05. The number of carbonyl (C=O) groups excluding carboxylic acids is 1. The Kier molecular flexibility index (Phi) is 4.76. The number of aryl methyl sites for hydroxylation is 1. The molecule has 0 unspecified atom stereocenters. The van der Waals surface area contributed by atoms with Crippen LogP contribution in [0.4, 0.5) is 0 Å². The zero-order valence-corrected chi connectivity index (χ0v) is 14.7. The zero-order valence-electron chi connectivity index (χ0n) is 13.9. The van der Waals surface area contributed by atoms with E-state index in [2.05, 4.69) is 11.1 Å². The second kappa shape index (κ2) is 6.98. The van der Waals surface area contributed by atoms with Crippen molar-refractivity contribution in [3.63, 3.8) is 0 Å². The first-order chi connectivity index (χ1) is 12.0. The monoisotopic (exact) mass is 355 g/mol. The SMILES string of the molecule is COC(=O)c1ccc2c(=O)n(N)c(SCc3cccc(C)c3)nc2c1. The highest BCUT2D eigenvalue weighted by Gasteiger charge is 2.13. The molecular weight excluding hydrogens is 338 g/mol. The second-order valence-corrected chi connectivity index (χ2v) is 6.51. The van der Waals surface area contributed by atoms with Crippen LogP contribution in [-0.2, 0) is 10.5 Å². The highest BCUT2D eigenvalue weighted by molar-refractivity contribution is 7.98. The van der Waals surface area contributed by atoms with E-state index in [9.17, 15) is 9.59 Å². The lowest BCUT2D eigenvalue weighted by molar-refractivity contribution is 0.0601. The maximum atomic E-state index is 12.4. The molecule has 0 atom stereocenters. The Morgan fingerprint density at radius 2 is 2.08 bits per heavy atom. The van der Waals surface area contributed by atoms with Crippen molar-refractivity contribution in [3.8, 4) is 0 Å². The van der Waals surface area contributed by atoms with E-state index in [0.29, 0.717) is 27.4 Å². The molecule has 0 saturated heterocycles. The molecule has 0 bridgehead atoms. The third-order valence-electron chi connectivity index (χ3n) is 3.74. The van der Waals surface area contributed by atoms with Crippen molar-refractivity contribution in [1.29, 1.82) is 0 Å². The largest absolute Gasteiger partial charge is 0.465 e. The van der Waals surface area contributed by atoms with Crippen LogP contribution in [0.5, 0.6) is 0 Å². The first-order valence-corrected chi connectivity index (χ1v) is 8.56. The summed E-state index contributed by atoms with van der Waals surface area (Å²) in [7, 11) is 1.31. The van der Waals surface area contributed by atoms with Gasteiger partial charge in [0.25, 0.3) is 5.56 Å². The van der Waals surface area contributed by atoms with Crippen molar-refractivity contribution >= 4 is 28.6 Å². The Morgan fingerprint density at radius 3 is 2.80 bits per heavy atom. The lowest BCUT2D eigenvalue weighted by Gasteiger charge is -2.09. The van der Waals surface area contributed by atoms with Crippen LogP contribution in [0.3, 0.4) is 0 Å². The number of nitrogens with zero attached hydrogens (tertiary/aromatic N) is 2. The average Bonchev–Trinajstić information content (AvgIpc) is 2.62. The van der Waals surface area contributed by atoms with E-state index in [1.54, 1.807) is 6.07 Å². The minimum Gasteiger partial charge on any atom is -0.465 e. The zero-order chi connectivity index (χ0) is 18.0. The lowest BCUT2D eigenvalue weighted by atomic mass is 10.1. The number of aromatic nitrogens is 2. The van der Waals surface area contributed by atoms with Crippen molar-refractivity contribution in [1.82, 2.24) is 9.66 Å². The standard InChI is InChI=1S/C18H17N3O3S/c1-11-4-3-5-12(8-11)10-25-18-20-15-9-13(17(23)24-2)6-7-14(15)16(22)21(18)19/h3-9H,10,19H2,1-2H3. The Balaban J connectivity index is 1.98. The van der Waals surface area contributed by atoms with E-state index in [1.165, 1.54) is 31.0 Å². The van der Waals surface area contributed by atoms with Gasteiger partial charge in [-0.15, -0.1) is 0 Å². The van der Waals surface area contributed by atoms with Gasteiger partial charge in [0.1, 0.15) is 0 Å². The molecule has 2 N–H and O–H groups in total. The summed E-state index contributed by atoms with van der Waals surface area (Å²) < 4.78 is 5.75. The topological polar surface area (TPSA) is 87.2 Å². The lowest BCUT2D eigenvalue weighted by Crippen LogP contribution is -2.29. The predicted octanol–water partition coefficient (Wildman–Crippen LogP) is 2.50. The van der Waals surface area contributed by atoms with Gasteiger partial charge in [-0.25, -0.2) is 14.5 Å². The van der Waals surface area contributed by atoms with Gasteiger partial charge in [-0.2, -0.15) is 0 Å². The molecule has 0 aliphatic carbocycles. The molecule has 0 saturated carbocycles. The van der Waals surface area contributed by atoms with E-state index in [-0.39, 0.29) is 5.56 Å². The van der Waals surface area contributed by atoms with E-state index in [1.807, 2.05) is 25.1 Å². The smallest absolute Gasteiger partial charge is 0.337 e. The summed E-state index contributed by atoms with van der Waals surface area (Å²) in [6.45, 7) is 2.02. The number of carbonyl (C=O) groups is 1. The van der Waals surface area contributed by atoms with Gasteiger partial charge in [-0.05, 0) is 30.7 Å². The molecule has 6 nitrogen and oxygen atoms in total. The van der Waals surface area contributed by atoms with Crippen molar-refractivity contribution in [2.75, 3.05) is 13.0 Å². The maximum Gasteiger partial charge on any atom is 0.337 e. The minimum absolute atomic E-state index is 0.339. The fourth-order valence-electron chi connectivity index (χ4n) is 2.47. The van der Waals surface area contributed by atoms with Crippen molar-refractivity contribution in [2.45, 2.75) is 17.8 Å². The molecule has 1 heterocycles. The molecule has 3 rings (SSSR count). The number of benzene rings is 2. The molecule has 3 aromatic rings. The number of esters is 1. The number of hydrogen-bond donors (Lipinski definition) is 1. The fraction of sp³-hybridized carbons (Fsp3) is 0.167. The summed E-state index contributed by atoms with van der Waals surface area (Å²) in [5.41, 5.74) is 2.68. The van der Waals surface area contributed by atoms with E-state index in [4.69, 9.17) is 10.6 Å². The molecule has 0 fully saturated rings. The molecule has 2 aromatic carbocycles. The van der Waals surface area contributed by atoms with E-state index >= 15 is 0 Å². The first kappa shape index (κ1) is 17.0. The summed E-state index contributed by atoms with van der Waals surface area (Å²) in [5, 5.41) is 0.746. The van der Waals surface area contributed by atoms with Gasteiger partial charge in [0.2, 0.25) is 0 Å². The number of hydrogen-bond acceptors (Lipinski definition) is 6. The highest BCUT2D eigenvalue weighted by Crippen LogP contribution is 2.22. The van der Waals surface area contributed by atoms with Gasteiger partial charge >= 0.3 is 5.97 Å². The third kappa shape index (κ3) is 3.51. The number of ether oxygens (including phenoxy) is 1. The number of nitrogens with two attached hydrogens (primary N) is 1. The number of thioether (sulfide) groups is 1. The van der Waals surface area contributed by atoms with Crippen LogP contribution < -0.4 is 11.4 Å². The minimum atomic E-state index is -0.477. The Bertz CT molecular complexity index is 1010. The Labute approximate surface area is 148 Å². The first-order valence-electron chi connectivity index (χ1n) is 7.58. The molecule has 0 aliphatic heterocycles. The van der Waals surface area contributed by atoms with Gasteiger partial charge in [0, 0.05) is 5.75 Å². The molecule has 1 aromatic heterocycles.